The van der Waals surface area contributed by atoms with Crippen LogP contribution in [0.4, 0.5) is 4.39 Å². The highest BCUT2D eigenvalue weighted by Crippen LogP contribution is 2.26. The number of nitrogens with one attached hydrogen (secondary N) is 1. The van der Waals surface area contributed by atoms with Crippen molar-refractivity contribution in [1.29, 1.82) is 0 Å². The number of aliphatic hydroxyl groups is 1. The minimum atomic E-state index is -0.517. The van der Waals surface area contributed by atoms with Crippen molar-refractivity contribution in [2.45, 2.75) is 70.3 Å². The minimum absolute atomic E-state index is 0.00780. The molecule has 0 bridgehead atoms. The normalized spacial score (nSPS) is 23.5. The number of benzene rings is 1. The molecule has 0 spiro atoms. The molecule has 5 nitrogen and oxygen atoms in total. The summed E-state index contributed by atoms with van der Waals surface area (Å²) in [6.07, 6.45) is 1.28. The van der Waals surface area contributed by atoms with Crippen LogP contribution in [0.3, 0.4) is 0 Å². The van der Waals surface area contributed by atoms with Crippen LogP contribution in [0, 0.1) is 5.82 Å². The summed E-state index contributed by atoms with van der Waals surface area (Å²) in [5, 5.41) is 17.6. The monoisotopic (exact) mass is 376 g/mol. The fourth-order valence-corrected chi connectivity index (χ4v) is 3.27. The molecule has 1 aliphatic heterocycles. The molecule has 0 saturated carbocycles. The van der Waals surface area contributed by atoms with Crippen molar-refractivity contribution in [2.75, 3.05) is 6.54 Å². The second kappa shape index (κ2) is 8.50. The zero-order valence-corrected chi connectivity index (χ0v) is 16.2. The summed E-state index contributed by atoms with van der Waals surface area (Å²) >= 11 is 0. The second-order valence-corrected chi connectivity index (χ2v) is 8.30. The first kappa shape index (κ1) is 20.0. The van der Waals surface area contributed by atoms with Crippen molar-refractivity contribution in [3.8, 4) is 0 Å². The molecule has 6 heteroatoms. The minimum Gasteiger partial charge on any atom is -0.390 e. The molecule has 2 aromatic rings. The fourth-order valence-electron chi connectivity index (χ4n) is 3.27. The van der Waals surface area contributed by atoms with E-state index in [-0.39, 0.29) is 23.4 Å². The number of halogens is 1. The van der Waals surface area contributed by atoms with E-state index in [1.54, 1.807) is 12.1 Å². The van der Waals surface area contributed by atoms with Gasteiger partial charge >= 0.3 is 0 Å². The van der Waals surface area contributed by atoms with E-state index in [1.165, 1.54) is 6.07 Å². The molecule has 148 valence electrons. The first-order valence-corrected chi connectivity index (χ1v) is 9.56. The van der Waals surface area contributed by atoms with Gasteiger partial charge in [0.25, 0.3) is 0 Å². The van der Waals surface area contributed by atoms with Crippen LogP contribution in [-0.2, 0) is 23.1 Å². The average molecular weight is 376 g/mol. The van der Waals surface area contributed by atoms with Crippen molar-refractivity contribution in [1.82, 2.24) is 10.5 Å². The van der Waals surface area contributed by atoms with Crippen molar-refractivity contribution in [2.24, 2.45) is 0 Å². The topological polar surface area (TPSA) is 67.5 Å². The third kappa shape index (κ3) is 5.37. The lowest BCUT2D eigenvalue weighted by Crippen LogP contribution is -2.45. The third-order valence-corrected chi connectivity index (χ3v) is 4.93. The number of hydrogen-bond donors (Lipinski definition) is 2. The van der Waals surface area contributed by atoms with Crippen LogP contribution in [0.2, 0.25) is 0 Å². The number of rotatable bonds is 6. The maximum Gasteiger partial charge on any atom is 0.142 e. The molecule has 1 saturated heterocycles. The van der Waals surface area contributed by atoms with E-state index >= 15 is 0 Å². The zero-order valence-electron chi connectivity index (χ0n) is 16.2. The van der Waals surface area contributed by atoms with Crippen LogP contribution in [0.15, 0.2) is 34.9 Å². The summed E-state index contributed by atoms with van der Waals surface area (Å²) < 4.78 is 25.2. The van der Waals surface area contributed by atoms with Gasteiger partial charge in [0.15, 0.2) is 0 Å². The molecule has 0 amide bonds. The van der Waals surface area contributed by atoms with E-state index in [2.05, 4.69) is 31.2 Å². The van der Waals surface area contributed by atoms with Gasteiger partial charge in [-0.1, -0.05) is 44.1 Å². The van der Waals surface area contributed by atoms with Gasteiger partial charge in [-0.05, 0) is 18.9 Å². The zero-order chi connectivity index (χ0) is 19.4. The summed E-state index contributed by atoms with van der Waals surface area (Å²) in [6.45, 7) is 7.13. The van der Waals surface area contributed by atoms with Crippen molar-refractivity contribution >= 4 is 0 Å². The number of nitrogens with zero attached hydrogens (tertiary/aromatic N) is 1. The van der Waals surface area contributed by atoms with E-state index in [1.807, 2.05) is 12.1 Å². The molecular weight excluding hydrogens is 347 g/mol. The molecule has 0 unspecified atom stereocenters. The molecular formula is C21H29FN2O3. The molecule has 1 fully saturated rings. The van der Waals surface area contributed by atoms with Crippen LogP contribution >= 0.6 is 0 Å². The Labute approximate surface area is 159 Å². The smallest absolute Gasteiger partial charge is 0.142 e. The Morgan fingerprint density at radius 2 is 2.04 bits per heavy atom. The van der Waals surface area contributed by atoms with Gasteiger partial charge in [0.2, 0.25) is 0 Å². The maximum atomic E-state index is 13.7. The Morgan fingerprint density at radius 1 is 1.26 bits per heavy atom. The summed E-state index contributed by atoms with van der Waals surface area (Å²) in [6, 6.07) is 8.67. The molecule has 0 aliphatic carbocycles. The Kier molecular flexibility index (Phi) is 6.29. The van der Waals surface area contributed by atoms with Crippen molar-refractivity contribution < 1.29 is 18.8 Å². The number of hydrogen-bond acceptors (Lipinski definition) is 5. The van der Waals surface area contributed by atoms with E-state index in [9.17, 15) is 9.50 Å². The third-order valence-electron chi connectivity index (χ3n) is 4.93. The van der Waals surface area contributed by atoms with Crippen LogP contribution in [0.25, 0.3) is 0 Å². The lowest BCUT2D eigenvalue weighted by atomic mass is 9.92. The van der Waals surface area contributed by atoms with Crippen LogP contribution < -0.4 is 5.32 Å². The first-order valence-electron chi connectivity index (χ1n) is 9.56. The first-order chi connectivity index (χ1) is 12.8. The van der Waals surface area contributed by atoms with Crippen molar-refractivity contribution in [3.63, 3.8) is 0 Å². The summed E-state index contributed by atoms with van der Waals surface area (Å²) in [7, 11) is 0. The summed E-state index contributed by atoms with van der Waals surface area (Å²) in [5.74, 6) is 0.630. The van der Waals surface area contributed by atoms with Crippen LogP contribution in [-0.4, -0.2) is 35.1 Å². The average Bonchev–Trinajstić information content (AvgIpc) is 3.08. The van der Waals surface area contributed by atoms with E-state index in [4.69, 9.17) is 9.26 Å². The Morgan fingerprint density at radius 3 is 2.74 bits per heavy atom. The highest BCUT2D eigenvalue weighted by molar-refractivity contribution is 5.17. The van der Waals surface area contributed by atoms with Gasteiger partial charge in [0.05, 0.1) is 24.0 Å². The molecule has 1 aromatic carbocycles. The van der Waals surface area contributed by atoms with Crippen LogP contribution in [0.5, 0.6) is 0 Å². The number of ether oxygens (including phenoxy) is 1. The highest BCUT2D eigenvalue weighted by Gasteiger charge is 2.30. The summed E-state index contributed by atoms with van der Waals surface area (Å²) in [4.78, 5) is 0. The van der Waals surface area contributed by atoms with E-state index in [0.29, 0.717) is 31.5 Å². The molecule has 1 aliphatic rings. The molecule has 1 aromatic heterocycles. The fraction of sp³-hybridized carbons (Fsp3) is 0.571. The molecule has 0 radical (unpaired) electrons. The predicted octanol–water partition coefficient (Wildman–Crippen LogP) is 3.35. The highest BCUT2D eigenvalue weighted by atomic mass is 19.1. The van der Waals surface area contributed by atoms with Crippen molar-refractivity contribution in [3.05, 3.63) is 53.2 Å². The van der Waals surface area contributed by atoms with E-state index < -0.39 is 6.10 Å². The number of aromatic nitrogens is 1. The van der Waals surface area contributed by atoms with Gasteiger partial charge in [0, 0.05) is 36.6 Å². The summed E-state index contributed by atoms with van der Waals surface area (Å²) in [5.41, 5.74) is 1.41. The predicted molar refractivity (Wildman–Crippen MR) is 101 cm³/mol. The van der Waals surface area contributed by atoms with Gasteiger partial charge in [0.1, 0.15) is 11.6 Å². The molecule has 2 N–H and O–H groups in total. The lowest BCUT2D eigenvalue weighted by Gasteiger charge is -2.34. The van der Waals surface area contributed by atoms with Crippen LogP contribution in [0.1, 0.15) is 50.6 Å². The molecule has 3 rings (SSSR count). The molecule has 27 heavy (non-hydrogen) atoms. The Hall–Kier alpha value is -1.76. The Balaban J connectivity index is 1.51. The Bertz CT molecular complexity index is 741. The quantitative estimate of drug-likeness (QED) is 0.809. The number of aliphatic hydroxyl groups excluding tert-OH is 1. The van der Waals surface area contributed by atoms with Gasteiger partial charge in [-0.3, -0.25) is 0 Å². The van der Waals surface area contributed by atoms with Gasteiger partial charge in [-0.25, -0.2) is 4.39 Å². The van der Waals surface area contributed by atoms with Gasteiger partial charge in [-0.2, -0.15) is 0 Å². The lowest BCUT2D eigenvalue weighted by molar-refractivity contribution is -0.115. The molecule has 3 atom stereocenters. The van der Waals surface area contributed by atoms with Gasteiger partial charge < -0.3 is 19.7 Å². The second-order valence-electron chi connectivity index (χ2n) is 8.30. The molecule has 2 heterocycles. The SMILES string of the molecule is CC(C)(C)c1cc(C[C@@H]2CC[C@H](O)[C@@H](CNCc3ccccc3F)O2)no1. The standard InChI is InChI=1S/C21H29FN2O3/c1-21(2,3)20-11-15(24-27-20)10-16-8-9-18(25)19(26-16)13-23-12-14-6-4-5-7-17(14)22/h4-7,11,16,18-19,23,25H,8-10,12-13H2,1-3H3/t16-,18-,19+/m0/s1. The van der Waals surface area contributed by atoms with Gasteiger partial charge in [-0.15, -0.1) is 0 Å². The largest absolute Gasteiger partial charge is 0.390 e. The van der Waals surface area contributed by atoms with E-state index in [0.717, 1.165) is 17.9 Å². The maximum absolute atomic E-state index is 13.7.